The van der Waals surface area contributed by atoms with Crippen LogP contribution in [0.3, 0.4) is 0 Å². The molecule has 170 valence electrons. The molecule has 0 saturated heterocycles. The molecule has 0 bridgehead atoms. The van der Waals surface area contributed by atoms with Crippen molar-refractivity contribution in [2.45, 2.75) is 40.0 Å². The molecule has 0 spiro atoms. The second-order valence-corrected chi connectivity index (χ2v) is 8.18. The van der Waals surface area contributed by atoms with Gasteiger partial charge in [-0.25, -0.2) is 17.6 Å². The van der Waals surface area contributed by atoms with E-state index in [1.807, 2.05) is 25.3 Å². The number of nitrogens with zero attached hydrogens (tertiary/aromatic N) is 1. The fourth-order valence-corrected chi connectivity index (χ4v) is 3.38. The maximum Gasteiger partial charge on any atom is 0.417 e. The first-order chi connectivity index (χ1) is 14.3. The average molecular weight is 448 g/mol. The second kappa shape index (κ2) is 9.30. The highest BCUT2D eigenvalue weighted by molar-refractivity contribution is 5.89. The molecular weight excluding hydrogens is 425 g/mol. The van der Waals surface area contributed by atoms with Crippen molar-refractivity contribution in [3.63, 3.8) is 0 Å². The summed E-state index contributed by atoms with van der Waals surface area (Å²) in [5.74, 6) is -1.84. The van der Waals surface area contributed by atoms with E-state index < -0.39 is 35.9 Å². The van der Waals surface area contributed by atoms with Gasteiger partial charge in [0.05, 0.1) is 5.56 Å². The molecule has 9 heteroatoms. The highest BCUT2D eigenvalue weighted by Gasteiger charge is 2.35. The number of hydrogen-bond acceptors (Lipinski definition) is 1. The van der Waals surface area contributed by atoms with Crippen LogP contribution in [-0.4, -0.2) is 11.5 Å². The smallest absolute Gasteiger partial charge is 0.347 e. The molecule has 3 aromatic rings. The first-order valence-electron chi connectivity index (χ1n) is 9.32. The number of alkyl halides is 5. The van der Waals surface area contributed by atoms with Gasteiger partial charge in [-0.05, 0) is 40.8 Å². The van der Waals surface area contributed by atoms with Gasteiger partial charge in [-0.1, -0.05) is 26.8 Å². The normalized spacial score (nSPS) is 12.1. The van der Waals surface area contributed by atoms with Crippen LogP contribution in [0.1, 0.15) is 31.9 Å². The molecule has 0 atom stereocenters. The predicted molar refractivity (Wildman–Crippen MR) is 107 cm³/mol. The predicted octanol–water partition coefficient (Wildman–Crippen LogP) is 6.99. The lowest BCUT2D eigenvalue weighted by Crippen LogP contribution is -2.14. The van der Waals surface area contributed by atoms with Crippen molar-refractivity contribution in [3.05, 3.63) is 59.3 Å². The van der Waals surface area contributed by atoms with E-state index in [-0.39, 0.29) is 17.5 Å². The van der Waals surface area contributed by atoms with Crippen LogP contribution in [0, 0.1) is 17.0 Å². The lowest BCUT2D eigenvalue weighted by Gasteiger charge is -2.20. The van der Waals surface area contributed by atoms with Crippen LogP contribution in [0.4, 0.5) is 30.7 Å². The maximum absolute atomic E-state index is 14.8. The van der Waals surface area contributed by atoms with Gasteiger partial charge in [-0.15, -0.1) is 0 Å². The van der Waals surface area contributed by atoms with Crippen LogP contribution < -0.4 is 5.73 Å². The Labute approximate surface area is 175 Å². The van der Waals surface area contributed by atoms with Gasteiger partial charge in [-0.3, -0.25) is 0 Å². The van der Waals surface area contributed by atoms with E-state index in [2.05, 4.69) is 0 Å². The van der Waals surface area contributed by atoms with Crippen molar-refractivity contribution in [1.29, 1.82) is 0 Å². The monoisotopic (exact) mass is 448 g/mol. The quantitative estimate of drug-likeness (QED) is 0.430. The highest BCUT2D eigenvalue weighted by atomic mass is 19.4. The van der Waals surface area contributed by atoms with Crippen molar-refractivity contribution >= 4 is 10.9 Å². The molecule has 2 N–H and O–H groups in total. The zero-order valence-corrected chi connectivity index (χ0v) is 17.3. The van der Waals surface area contributed by atoms with Gasteiger partial charge in [0.25, 0.3) is 0 Å². The van der Waals surface area contributed by atoms with E-state index in [9.17, 15) is 30.7 Å². The molecule has 0 fully saturated rings. The molecule has 2 nitrogen and oxygen atoms in total. The summed E-state index contributed by atoms with van der Waals surface area (Å²) in [6.07, 6.45) is -3.01. The van der Waals surface area contributed by atoms with Crippen molar-refractivity contribution < 1.29 is 30.7 Å². The Kier molecular flexibility index (Phi) is 7.41. The Hall–Kier alpha value is -2.55. The molecule has 0 aliphatic heterocycles. The fraction of sp³-hybridized carbons (Fsp3) is 0.364. The topological polar surface area (TPSA) is 30.9 Å². The lowest BCUT2D eigenvalue weighted by molar-refractivity contribution is -0.137. The van der Waals surface area contributed by atoms with Crippen LogP contribution in [0.25, 0.3) is 22.0 Å². The van der Waals surface area contributed by atoms with E-state index in [0.29, 0.717) is 29.1 Å². The van der Waals surface area contributed by atoms with Crippen LogP contribution >= 0.6 is 0 Å². The van der Waals surface area contributed by atoms with Crippen molar-refractivity contribution in [1.82, 2.24) is 4.57 Å². The van der Waals surface area contributed by atoms with Crippen LogP contribution in [0.5, 0.6) is 0 Å². The van der Waals surface area contributed by atoms with Gasteiger partial charge in [0, 0.05) is 35.8 Å². The molecule has 1 heterocycles. The van der Waals surface area contributed by atoms with Gasteiger partial charge in [0.2, 0.25) is 6.93 Å². The summed E-state index contributed by atoms with van der Waals surface area (Å²) in [6.45, 7) is 5.06. The first kappa shape index (κ1) is 24.7. The fourth-order valence-electron chi connectivity index (χ4n) is 3.38. The molecule has 0 saturated carbocycles. The number of hydrogen-bond donors (Lipinski definition) is 1. The number of rotatable bonds is 3. The minimum atomic E-state index is -4.81. The van der Waals surface area contributed by atoms with Crippen LogP contribution in [0.2, 0.25) is 0 Å². The molecule has 1 aromatic heterocycles. The molecule has 0 unspecified atom stereocenters. The van der Waals surface area contributed by atoms with Gasteiger partial charge >= 0.3 is 6.18 Å². The lowest BCUT2D eigenvalue weighted by atomic mass is 9.96. The van der Waals surface area contributed by atoms with E-state index >= 15 is 0 Å². The van der Waals surface area contributed by atoms with Gasteiger partial charge in [0.1, 0.15) is 11.6 Å². The summed E-state index contributed by atoms with van der Waals surface area (Å²) < 4.78 is 89.6. The molecule has 0 radical (unpaired) electrons. The zero-order chi connectivity index (χ0) is 23.6. The van der Waals surface area contributed by atoms with Crippen molar-refractivity contribution in [2.75, 3.05) is 6.93 Å². The maximum atomic E-state index is 14.8. The summed E-state index contributed by atoms with van der Waals surface area (Å²) in [4.78, 5) is 0. The molecule has 3 rings (SSSR count). The Balaban J connectivity index is 0.00000107. The first-order valence-corrected chi connectivity index (χ1v) is 9.32. The number of fused-ring (bicyclic) bond motifs is 1. The standard InChI is InChI=1S/C21H21F5N2.CH2F2/c1-20(2,3)11-28-10-12(9-27)15-7-18(23)16(8-19(15)28)14-5-4-13(22)6-17(14)21(24,25)26;2-1-3/h4-8,10H,9,11,27H2,1-3H3;1H2. The number of nitrogens with two attached hydrogens (primary N) is 1. The van der Waals surface area contributed by atoms with E-state index in [4.69, 9.17) is 5.73 Å². The molecular formula is C22H23F7N2. The third kappa shape index (κ3) is 5.78. The summed E-state index contributed by atoms with van der Waals surface area (Å²) >= 11 is 0. The number of halogens is 7. The van der Waals surface area contributed by atoms with E-state index in [1.54, 1.807) is 6.20 Å². The molecule has 31 heavy (non-hydrogen) atoms. The molecule has 0 amide bonds. The Morgan fingerprint density at radius 1 is 0.935 bits per heavy atom. The second-order valence-electron chi connectivity index (χ2n) is 8.18. The molecule has 0 aliphatic carbocycles. The highest BCUT2D eigenvalue weighted by Crippen LogP contribution is 2.40. The Morgan fingerprint density at radius 2 is 1.55 bits per heavy atom. The summed E-state index contributed by atoms with van der Waals surface area (Å²) in [7, 11) is 0. The number of benzene rings is 2. The zero-order valence-electron chi connectivity index (χ0n) is 17.3. The van der Waals surface area contributed by atoms with Gasteiger partial charge in [0.15, 0.2) is 0 Å². The average Bonchev–Trinajstić information content (AvgIpc) is 2.96. The summed E-state index contributed by atoms with van der Waals surface area (Å²) in [5, 5.41) is 0.559. The third-order valence-corrected chi connectivity index (χ3v) is 4.49. The van der Waals surface area contributed by atoms with E-state index in [0.717, 1.165) is 12.1 Å². The largest absolute Gasteiger partial charge is 0.417 e. The summed E-state index contributed by atoms with van der Waals surface area (Å²) in [6, 6.07) is 4.84. The Morgan fingerprint density at radius 3 is 2.06 bits per heavy atom. The SMILES string of the molecule is CC(C)(C)Cn1cc(CN)c2cc(F)c(-c3ccc(F)cc3C(F)(F)F)cc21.FCF. The minimum absolute atomic E-state index is 0.112. The van der Waals surface area contributed by atoms with Gasteiger partial charge < -0.3 is 10.3 Å². The summed E-state index contributed by atoms with van der Waals surface area (Å²) in [5.41, 5.74) is 5.12. The minimum Gasteiger partial charge on any atom is -0.347 e. The van der Waals surface area contributed by atoms with Crippen LogP contribution in [-0.2, 0) is 19.3 Å². The Bertz CT molecular complexity index is 1050. The van der Waals surface area contributed by atoms with Crippen molar-refractivity contribution in [3.8, 4) is 11.1 Å². The number of aromatic nitrogens is 1. The van der Waals surface area contributed by atoms with Crippen molar-refractivity contribution in [2.24, 2.45) is 11.1 Å². The molecule has 0 aliphatic rings. The molecule has 2 aromatic carbocycles. The van der Waals surface area contributed by atoms with Crippen LogP contribution in [0.15, 0.2) is 36.5 Å². The van der Waals surface area contributed by atoms with Gasteiger partial charge in [-0.2, -0.15) is 13.2 Å². The van der Waals surface area contributed by atoms with E-state index in [1.165, 1.54) is 12.1 Å². The third-order valence-electron chi connectivity index (χ3n) is 4.49.